The van der Waals surface area contributed by atoms with Crippen molar-refractivity contribution >= 4 is 17.3 Å². The first-order valence-electron chi connectivity index (χ1n) is 8.05. The molecule has 2 aliphatic rings. The molecule has 1 aromatic carbocycles. The zero-order chi connectivity index (χ0) is 16.4. The van der Waals surface area contributed by atoms with Crippen molar-refractivity contribution in [3.8, 4) is 0 Å². The van der Waals surface area contributed by atoms with Gasteiger partial charge in [-0.25, -0.2) is 0 Å². The second-order valence-electron chi connectivity index (χ2n) is 6.33. The highest BCUT2D eigenvalue weighted by molar-refractivity contribution is 5.80. The molecule has 1 N–H and O–H groups in total. The molecule has 23 heavy (non-hydrogen) atoms. The molecule has 0 spiro atoms. The predicted molar refractivity (Wildman–Crippen MR) is 87.4 cm³/mol. The van der Waals surface area contributed by atoms with E-state index in [1.807, 2.05) is 11.0 Å². The lowest BCUT2D eigenvalue weighted by Gasteiger charge is -2.37. The van der Waals surface area contributed by atoms with Gasteiger partial charge in [0.2, 0.25) is 5.91 Å². The number of hydrogen-bond donors (Lipinski definition) is 1. The fourth-order valence-electron chi connectivity index (χ4n) is 3.36. The Balaban J connectivity index is 1.61. The van der Waals surface area contributed by atoms with Gasteiger partial charge in [-0.3, -0.25) is 14.9 Å². The second kappa shape index (κ2) is 6.54. The van der Waals surface area contributed by atoms with Gasteiger partial charge in [-0.05, 0) is 18.5 Å². The topological polar surface area (TPSA) is 78.7 Å². The Kier molecular flexibility index (Phi) is 4.47. The number of piperazine rings is 1. The van der Waals surface area contributed by atoms with Gasteiger partial charge in [-0.15, -0.1) is 0 Å². The standard InChI is InChI=1S/C16H22N4O3/c1-12-10-17-11-15(12)16(21)19-7-5-18(6-8-19)13-3-2-4-14(9-13)20(22)23/h2-4,9,12,15,17H,5-8,10-11H2,1H3/t12-,15-/m1/s1. The van der Waals surface area contributed by atoms with Crippen molar-refractivity contribution in [1.82, 2.24) is 10.2 Å². The van der Waals surface area contributed by atoms with Crippen LogP contribution in [0.3, 0.4) is 0 Å². The second-order valence-corrected chi connectivity index (χ2v) is 6.33. The maximum Gasteiger partial charge on any atom is 0.271 e. The maximum absolute atomic E-state index is 12.6. The third-order valence-corrected chi connectivity index (χ3v) is 4.83. The molecule has 1 amide bonds. The number of rotatable bonds is 3. The molecular formula is C16H22N4O3. The van der Waals surface area contributed by atoms with Crippen LogP contribution in [0, 0.1) is 22.0 Å². The lowest BCUT2D eigenvalue weighted by molar-refractivity contribution is -0.384. The molecule has 0 radical (unpaired) electrons. The summed E-state index contributed by atoms with van der Waals surface area (Å²) in [5.74, 6) is 0.706. The van der Waals surface area contributed by atoms with Crippen molar-refractivity contribution < 1.29 is 9.72 Å². The van der Waals surface area contributed by atoms with Crippen molar-refractivity contribution in [3.63, 3.8) is 0 Å². The summed E-state index contributed by atoms with van der Waals surface area (Å²) in [7, 11) is 0. The number of hydrogen-bond acceptors (Lipinski definition) is 5. The molecule has 124 valence electrons. The average molecular weight is 318 g/mol. The Morgan fingerprint density at radius 3 is 2.61 bits per heavy atom. The number of carbonyl (C=O) groups excluding carboxylic acids is 1. The first-order chi connectivity index (χ1) is 11.1. The van der Waals surface area contributed by atoms with E-state index in [2.05, 4.69) is 17.1 Å². The number of anilines is 1. The van der Waals surface area contributed by atoms with Crippen molar-refractivity contribution in [2.24, 2.45) is 11.8 Å². The molecule has 2 aliphatic heterocycles. The van der Waals surface area contributed by atoms with E-state index in [-0.39, 0.29) is 22.4 Å². The van der Waals surface area contributed by atoms with E-state index < -0.39 is 0 Å². The van der Waals surface area contributed by atoms with Gasteiger partial charge in [0.05, 0.1) is 10.8 Å². The zero-order valence-corrected chi connectivity index (χ0v) is 13.3. The van der Waals surface area contributed by atoms with Crippen molar-refractivity contribution in [2.75, 3.05) is 44.2 Å². The summed E-state index contributed by atoms with van der Waals surface area (Å²) in [6.45, 7) is 6.55. The van der Waals surface area contributed by atoms with Crippen molar-refractivity contribution in [2.45, 2.75) is 6.92 Å². The van der Waals surface area contributed by atoms with Gasteiger partial charge < -0.3 is 15.1 Å². The van der Waals surface area contributed by atoms with E-state index >= 15 is 0 Å². The van der Waals surface area contributed by atoms with E-state index in [1.54, 1.807) is 12.1 Å². The van der Waals surface area contributed by atoms with Crippen LogP contribution in [0.25, 0.3) is 0 Å². The molecule has 2 fully saturated rings. The Bertz CT molecular complexity index is 599. The highest BCUT2D eigenvalue weighted by Crippen LogP contribution is 2.24. The lowest BCUT2D eigenvalue weighted by Crippen LogP contribution is -2.51. The van der Waals surface area contributed by atoms with Crippen LogP contribution in [-0.2, 0) is 4.79 Å². The van der Waals surface area contributed by atoms with Crippen LogP contribution in [0.2, 0.25) is 0 Å². The van der Waals surface area contributed by atoms with Gasteiger partial charge >= 0.3 is 0 Å². The monoisotopic (exact) mass is 318 g/mol. The highest BCUT2D eigenvalue weighted by atomic mass is 16.6. The normalized spacial score (nSPS) is 24.7. The van der Waals surface area contributed by atoms with Crippen molar-refractivity contribution in [3.05, 3.63) is 34.4 Å². The summed E-state index contributed by atoms with van der Waals surface area (Å²) in [5.41, 5.74) is 0.953. The zero-order valence-electron chi connectivity index (χ0n) is 13.3. The van der Waals surface area contributed by atoms with Gasteiger partial charge in [0.1, 0.15) is 0 Å². The summed E-state index contributed by atoms with van der Waals surface area (Å²) < 4.78 is 0. The largest absolute Gasteiger partial charge is 0.368 e. The fraction of sp³-hybridized carbons (Fsp3) is 0.562. The summed E-state index contributed by atoms with van der Waals surface area (Å²) in [5, 5.41) is 14.2. The minimum Gasteiger partial charge on any atom is -0.368 e. The molecule has 3 rings (SSSR count). The van der Waals surface area contributed by atoms with Crippen LogP contribution in [0.1, 0.15) is 6.92 Å². The minimum atomic E-state index is -0.377. The van der Waals surface area contributed by atoms with E-state index in [0.717, 1.165) is 18.8 Å². The number of nitro benzene ring substituents is 1. The Morgan fingerprint density at radius 1 is 1.26 bits per heavy atom. The van der Waals surface area contributed by atoms with Crippen LogP contribution >= 0.6 is 0 Å². The van der Waals surface area contributed by atoms with Gasteiger partial charge in [0.25, 0.3) is 5.69 Å². The highest BCUT2D eigenvalue weighted by Gasteiger charge is 2.34. The van der Waals surface area contributed by atoms with E-state index in [4.69, 9.17) is 0 Å². The van der Waals surface area contributed by atoms with E-state index in [0.29, 0.717) is 32.1 Å². The van der Waals surface area contributed by atoms with Gasteiger partial charge in [-0.1, -0.05) is 13.0 Å². The van der Waals surface area contributed by atoms with E-state index in [9.17, 15) is 14.9 Å². The number of nitrogens with one attached hydrogen (secondary N) is 1. The molecule has 2 saturated heterocycles. The van der Waals surface area contributed by atoms with Gasteiger partial charge in [0.15, 0.2) is 0 Å². The Morgan fingerprint density at radius 2 is 2.00 bits per heavy atom. The van der Waals surface area contributed by atoms with Crippen LogP contribution in [0.5, 0.6) is 0 Å². The number of carbonyl (C=O) groups is 1. The van der Waals surface area contributed by atoms with Crippen LogP contribution in [-0.4, -0.2) is 55.0 Å². The summed E-state index contributed by atoms with van der Waals surface area (Å²) in [4.78, 5) is 27.1. The lowest BCUT2D eigenvalue weighted by atomic mass is 9.96. The van der Waals surface area contributed by atoms with Gasteiger partial charge in [-0.2, -0.15) is 0 Å². The SMILES string of the molecule is C[C@@H]1CNC[C@H]1C(=O)N1CCN(c2cccc([N+](=O)[O-])c2)CC1. The summed E-state index contributed by atoms with van der Waals surface area (Å²) in [6, 6.07) is 6.68. The molecule has 2 atom stereocenters. The smallest absolute Gasteiger partial charge is 0.271 e. The number of nitro groups is 1. The van der Waals surface area contributed by atoms with Crippen molar-refractivity contribution in [1.29, 1.82) is 0 Å². The molecule has 0 aliphatic carbocycles. The predicted octanol–water partition coefficient (Wildman–Crippen LogP) is 1.10. The third kappa shape index (κ3) is 3.29. The maximum atomic E-state index is 12.6. The molecule has 0 unspecified atom stereocenters. The number of amides is 1. The number of non-ortho nitro benzene ring substituents is 1. The number of nitrogens with zero attached hydrogens (tertiary/aromatic N) is 3. The average Bonchev–Trinajstić information content (AvgIpc) is 3.00. The molecular weight excluding hydrogens is 296 g/mol. The van der Waals surface area contributed by atoms with Crippen LogP contribution in [0.4, 0.5) is 11.4 Å². The summed E-state index contributed by atoms with van der Waals surface area (Å²) >= 11 is 0. The van der Waals surface area contributed by atoms with Crippen LogP contribution in [0.15, 0.2) is 24.3 Å². The molecule has 0 aromatic heterocycles. The molecule has 2 heterocycles. The number of benzene rings is 1. The van der Waals surface area contributed by atoms with E-state index in [1.165, 1.54) is 6.07 Å². The molecule has 0 bridgehead atoms. The fourth-order valence-corrected chi connectivity index (χ4v) is 3.36. The first kappa shape index (κ1) is 15.7. The first-order valence-corrected chi connectivity index (χ1v) is 8.05. The molecule has 7 nitrogen and oxygen atoms in total. The molecule has 0 saturated carbocycles. The van der Waals surface area contributed by atoms with Crippen LogP contribution < -0.4 is 10.2 Å². The van der Waals surface area contributed by atoms with Gasteiger partial charge in [0, 0.05) is 50.5 Å². The third-order valence-electron chi connectivity index (χ3n) is 4.83. The quantitative estimate of drug-likeness (QED) is 0.667. The Hall–Kier alpha value is -2.15. The summed E-state index contributed by atoms with van der Waals surface area (Å²) in [6.07, 6.45) is 0. The molecule has 7 heteroatoms. The molecule has 1 aromatic rings. The Labute approximate surface area is 135 Å². The minimum absolute atomic E-state index is 0.0827.